The van der Waals surface area contributed by atoms with Crippen molar-refractivity contribution in [1.82, 2.24) is 5.06 Å². The van der Waals surface area contributed by atoms with Gasteiger partial charge in [0.1, 0.15) is 0 Å². The Morgan fingerprint density at radius 2 is 1.57 bits per heavy atom. The molecular formula is C34H27F4N3O6. The van der Waals surface area contributed by atoms with Crippen LogP contribution in [0.1, 0.15) is 64.1 Å². The van der Waals surface area contributed by atoms with Crippen molar-refractivity contribution in [1.29, 1.82) is 0 Å². The van der Waals surface area contributed by atoms with Crippen LogP contribution in [0.25, 0.3) is 5.57 Å². The summed E-state index contributed by atoms with van der Waals surface area (Å²) in [5.74, 6) is -9.65. The third kappa shape index (κ3) is 5.04. The van der Waals surface area contributed by atoms with Crippen LogP contribution in [0.4, 0.5) is 23.2 Å². The van der Waals surface area contributed by atoms with Crippen LogP contribution in [0, 0.1) is 0 Å². The maximum atomic E-state index is 13.8. The number of carbonyl (C=O) groups is 4. The fraction of sp³-hybridized carbons (Fsp3) is 0.324. The van der Waals surface area contributed by atoms with E-state index in [9.17, 15) is 41.8 Å². The number of carbonyl (C=O) groups excluding carboxylic acids is 4. The number of anilines is 1. The Hall–Kier alpha value is -5.07. The Morgan fingerprint density at radius 3 is 2.19 bits per heavy atom. The molecule has 2 aromatic carbocycles. The topological polar surface area (TPSA) is 110 Å². The van der Waals surface area contributed by atoms with Crippen molar-refractivity contribution in [2.75, 3.05) is 31.1 Å². The molecule has 0 bridgehead atoms. The van der Waals surface area contributed by atoms with E-state index < -0.39 is 67.2 Å². The summed E-state index contributed by atoms with van der Waals surface area (Å²) in [4.78, 5) is 56.4. The number of hydroxylamine groups is 2. The first-order valence-electron chi connectivity index (χ1n) is 14.9. The van der Waals surface area contributed by atoms with Crippen LogP contribution in [0.3, 0.4) is 0 Å². The lowest BCUT2D eigenvalue weighted by molar-refractivity contribution is -0.638. The van der Waals surface area contributed by atoms with Gasteiger partial charge in [0.25, 0.3) is 17.7 Å². The Balaban J connectivity index is 1.41. The van der Waals surface area contributed by atoms with E-state index in [2.05, 4.69) is 0 Å². The van der Waals surface area contributed by atoms with Crippen molar-refractivity contribution in [3.05, 3.63) is 93.6 Å². The first-order valence-corrected chi connectivity index (χ1v) is 14.9. The number of hydrogen-bond donors (Lipinski definition) is 0. The summed E-state index contributed by atoms with van der Waals surface area (Å²) < 4.78 is 56.8. The van der Waals surface area contributed by atoms with E-state index in [0.717, 1.165) is 6.07 Å². The number of nitrogens with zero attached hydrogens (tertiary/aromatic N) is 3. The Labute approximate surface area is 265 Å². The molecule has 5 aliphatic rings. The van der Waals surface area contributed by atoms with Crippen LogP contribution in [0.5, 0.6) is 0 Å². The summed E-state index contributed by atoms with van der Waals surface area (Å²) in [6, 6.07) is 8.74. The van der Waals surface area contributed by atoms with Gasteiger partial charge < -0.3 is 19.6 Å². The highest BCUT2D eigenvalue weighted by Gasteiger charge is 2.51. The first-order chi connectivity index (χ1) is 22.0. The van der Waals surface area contributed by atoms with Gasteiger partial charge in [-0.15, -0.1) is 5.06 Å². The average molecular weight is 650 g/mol. The molecule has 2 amide bonds. The van der Waals surface area contributed by atoms with E-state index >= 15 is 0 Å². The van der Waals surface area contributed by atoms with E-state index in [4.69, 9.17) is 4.84 Å². The molecule has 3 aliphatic heterocycles. The number of carboxylic acids is 1. The molecule has 0 radical (unpaired) electrons. The summed E-state index contributed by atoms with van der Waals surface area (Å²) in [7, 11) is 0. The van der Waals surface area contributed by atoms with Gasteiger partial charge >= 0.3 is 11.9 Å². The maximum Gasteiger partial charge on any atom is 0.363 e. The lowest BCUT2D eigenvalue weighted by Gasteiger charge is -2.43. The number of fused-ring (bicyclic) bond motifs is 2. The second kappa shape index (κ2) is 10.2. The Bertz CT molecular complexity index is 1920. The number of alkyl halides is 4. The van der Waals surface area contributed by atoms with Gasteiger partial charge in [-0.1, -0.05) is 26.0 Å². The van der Waals surface area contributed by atoms with Gasteiger partial charge in [-0.25, -0.2) is 18.2 Å². The first kappa shape index (κ1) is 30.6. The van der Waals surface area contributed by atoms with Crippen molar-refractivity contribution in [3.63, 3.8) is 0 Å². The predicted molar refractivity (Wildman–Crippen MR) is 157 cm³/mol. The monoisotopic (exact) mass is 649 g/mol. The highest BCUT2D eigenvalue weighted by atomic mass is 19.3. The number of rotatable bonds is 5. The summed E-state index contributed by atoms with van der Waals surface area (Å²) in [5.41, 5.74) is 2.67. The van der Waals surface area contributed by atoms with Crippen LogP contribution in [-0.2, 0) is 19.8 Å². The molecule has 3 fully saturated rings. The molecule has 0 N–H and O–H groups in total. The van der Waals surface area contributed by atoms with E-state index in [1.165, 1.54) is 21.6 Å². The molecule has 0 spiro atoms. The minimum Gasteiger partial charge on any atom is -0.545 e. The van der Waals surface area contributed by atoms with Crippen LogP contribution in [0.15, 0.2) is 65.8 Å². The van der Waals surface area contributed by atoms with Crippen molar-refractivity contribution < 1.29 is 51.3 Å². The molecule has 0 atom stereocenters. The summed E-state index contributed by atoms with van der Waals surface area (Å²) in [5, 5.41) is 12.9. The largest absolute Gasteiger partial charge is 0.545 e. The summed E-state index contributed by atoms with van der Waals surface area (Å²) in [6.45, 7) is 1.95. The highest BCUT2D eigenvalue weighted by Crippen LogP contribution is 2.51. The SMILES string of the molecule is CC1(C)C2=CC(=[N+]3CC(F)(F)C3)C=CC2=C(c2cc(C(=O)ON3C(=O)CCC3=O)ccc2C(=O)[O-])c2ccc(N3CC(F)(F)C3)cc21. The molecular weight excluding hydrogens is 622 g/mol. The van der Waals surface area contributed by atoms with Crippen LogP contribution in [0.2, 0.25) is 0 Å². The number of halogens is 4. The fourth-order valence-corrected chi connectivity index (χ4v) is 6.75. The van der Waals surface area contributed by atoms with E-state index in [-0.39, 0.29) is 29.5 Å². The highest BCUT2D eigenvalue weighted by molar-refractivity contribution is 6.09. The van der Waals surface area contributed by atoms with Crippen molar-refractivity contribution in [2.24, 2.45) is 0 Å². The Morgan fingerprint density at radius 1 is 0.894 bits per heavy atom. The van der Waals surface area contributed by atoms with Crippen LogP contribution < -0.4 is 10.0 Å². The lowest BCUT2D eigenvalue weighted by Crippen LogP contribution is -2.56. The quantitative estimate of drug-likeness (QED) is 0.278. The molecule has 3 heterocycles. The van der Waals surface area contributed by atoms with Crippen molar-refractivity contribution in [3.8, 4) is 0 Å². The molecule has 0 saturated carbocycles. The molecule has 2 aliphatic carbocycles. The molecule has 2 aromatic rings. The van der Waals surface area contributed by atoms with Crippen LogP contribution >= 0.6 is 0 Å². The average Bonchev–Trinajstić information content (AvgIpc) is 3.30. The van der Waals surface area contributed by atoms with Gasteiger partial charge in [-0.05, 0) is 63.8 Å². The van der Waals surface area contributed by atoms with Gasteiger partial charge in [0.2, 0.25) is 18.8 Å². The van der Waals surface area contributed by atoms with Crippen LogP contribution in [-0.4, -0.2) is 77.1 Å². The third-order valence-electron chi connectivity index (χ3n) is 9.24. The molecule has 9 nitrogen and oxygen atoms in total. The molecule has 242 valence electrons. The zero-order chi connectivity index (χ0) is 33.6. The number of allylic oxidation sites excluding steroid dienone is 5. The van der Waals surface area contributed by atoms with Gasteiger partial charge in [-0.3, -0.25) is 9.59 Å². The number of carboxylic acid groups (broad SMARTS) is 1. The van der Waals surface area contributed by atoms with Crippen molar-refractivity contribution in [2.45, 2.75) is 43.9 Å². The minimum absolute atomic E-state index is 0.0583. The molecule has 3 saturated heterocycles. The standard InChI is InChI=1S/C34H27F4N3O6/c1-32(2)25-12-19(39-14-33(35,36)15-39)4-7-22(25)29(23-8-5-20(13-26(23)32)40-16-34(37,38)17-40)24-11-18(3-6-21(24)30(44)45)31(46)47-41-27(42)9-10-28(41)43/h3-8,11-13H,9-10,14-17H2,1-2H3. The third-order valence-corrected chi connectivity index (χ3v) is 9.24. The normalized spacial score (nSPS) is 22.0. The number of hydrogen-bond acceptors (Lipinski definition) is 7. The molecule has 0 aromatic heterocycles. The predicted octanol–water partition coefficient (Wildman–Crippen LogP) is 3.42. The fourth-order valence-electron chi connectivity index (χ4n) is 6.75. The maximum absolute atomic E-state index is 13.8. The number of imide groups is 1. The van der Waals surface area contributed by atoms with Gasteiger partial charge in [0.05, 0.1) is 24.6 Å². The van der Waals surface area contributed by atoms with E-state index in [0.29, 0.717) is 44.3 Å². The number of benzene rings is 2. The molecule has 13 heteroatoms. The second-order valence-corrected chi connectivity index (χ2v) is 12.9. The molecule has 47 heavy (non-hydrogen) atoms. The molecule has 7 rings (SSSR count). The minimum atomic E-state index is -2.83. The summed E-state index contributed by atoms with van der Waals surface area (Å²) in [6.07, 6.45) is 4.90. The zero-order valence-electron chi connectivity index (χ0n) is 25.2. The van der Waals surface area contributed by atoms with E-state index in [1.807, 2.05) is 13.8 Å². The Kier molecular flexibility index (Phi) is 6.65. The number of amides is 2. The number of aromatic carboxylic acids is 1. The second-order valence-electron chi connectivity index (χ2n) is 12.9. The van der Waals surface area contributed by atoms with E-state index in [1.54, 1.807) is 36.4 Å². The smallest absolute Gasteiger partial charge is 0.363 e. The lowest BCUT2D eigenvalue weighted by atomic mass is 9.64. The van der Waals surface area contributed by atoms with Gasteiger partial charge in [0.15, 0.2) is 0 Å². The van der Waals surface area contributed by atoms with Gasteiger partial charge in [0, 0.05) is 41.7 Å². The molecule has 0 unspecified atom stereocenters. The zero-order valence-corrected chi connectivity index (χ0v) is 25.2. The summed E-state index contributed by atoms with van der Waals surface area (Å²) >= 11 is 0. The van der Waals surface area contributed by atoms with Crippen molar-refractivity contribution >= 4 is 40.7 Å². The van der Waals surface area contributed by atoms with Gasteiger partial charge in [-0.2, -0.15) is 8.78 Å².